The third-order valence-electron chi connectivity index (χ3n) is 3.59. The predicted octanol–water partition coefficient (Wildman–Crippen LogP) is 4.90. The Kier molecular flexibility index (Phi) is 3.63. The second-order valence-corrected chi connectivity index (χ2v) is 6.87. The lowest BCUT2D eigenvalue weighted by atomic mass is 10.1. The molecule has 2 aromatic carbocycles. The van der Waals surface area contributed by atoms with E-state index in [0.29, 0.717) is 0 Å². The number of halogens is 1. The van der Waals surface area contributed by atoms with Crippen LogP contribution in [-0.4, -0.2) is 21.7 Å². The van der Waals surface area contributed by atoms with Crippen molar-refractivity contribution in [2.24, 2.45) is 0 Å². The van der Waals surface area contributed by atoms with Crippen LogP contribution in [0.2, 0.25) is 0 Å². The van der Waals surface area contributed by atoms with E-state index in [1.54, 1.807) is 24.8 Å². The standard InChI is InChI=1S/C17H12BrN3OS/c1-22-14-4-2-3-12(9-14)16-15(11-5-7-13(18)8-6-11)21-17(23-16)19-10-20-21/h2-10H,1H3. The molecule has 0 aliphatic carbocycles. The van der Waals surface area contributed by atoms with Crippen LogP contribution in [-0.2, 0) is 0 Å². The molecule has 0 bridgehead atoms. The molecule has 0 spiro atoms. The maximum absolute atomic E-state index is 5.35. The minimum absolute atomic E-state index is 0.836. The summed E-state index contributed by atoms with van der Waals surface area (Å²) >= 11 is 5.11. The fourth-order valence-electron chi connectivity index (χ4n) is 2.51. The number of aromatic nitrogens is 3. The van der Waals surface area contributed by atoms with E-state index in [4.69, 9.17) is 4.74 Å². The van der Waals surface area contributed by atoms with Gasteiger partial charge >= 0.3 is 0 Å². The van der Waals surface area contributed by atoms with Gasteiger partial charge in [0, 0.05) is 10.0 Å². The molecule has 23 heavy (non-hydrogen) atoms. The molecule has 2 heterocycles. The molecule has 0 aliphatic heterocycles. The van der Waals surface area contributed by atoms with Crippen LogP contribution in [0.25, 0.3) is 26.7 Å². The summed E-state index contributed by atoms with van der Waals surface area (Å²) in [5.41, 5.74) is 3.24. The number of hydrogen-bond acceptors (Lipinski definition) is 4. The fraction of sp³-hybridized carbons (Fsp3) is 0.0588. The zero-order valence-electron chi connectivity index (χ0n) is 12.2. The average molecular weight is 386 g/mol. The van der Waals surface area contributed by atoms with Gasteiger partial charge in [-0.25, -0.2) is 9.50 Å². The first-order chi connectivity index (χ1) is 11.3. The maximum atomic E-state index is 5.35. The van der Waals surface area contributed by atoms with E-state index in [9.17, 15) is 0 Å². The van der Waals surface area contributed by atoms with Crippen LogP contribution in [0.15, 0.2) is 59.3 Å². The van der Waals surface area contributed by atoms with Crippen molar-refractivity contribution in [1.82, 2.24) is 14.6 Å². The van der Waals surface area contributed by atoms with Gasteiger partial charge in [0.1, 0.15) is 12.1 Å². The highest BCUT2D eigenvalue weighted by Crippen LogP contribution is 2.39. The first-order valence-electron chi connectivity index (χ1n) is 6.99. The van der Waals surface area contributed by atoms with Crippen molar-refractivity contribution in [2.75, 3.05) is 7.11 Å². The van der Waals surface area contributed by atoms with Gasteiger partial charge in [-0.1, -0.05) is 51.5 Å². The van der Waals surface area contributed by atoms with Gasteiger partial charge in [0.25, 0.3) is 0 Å². The van der Waals surface area contributed by atoms with Crippen molar-refractivity contribution in [1.29, 1.82) is 0 Å². The summed E-state index contributed by atoms with van der Waals surface area (Å²) in [5.74, 6) is 0.836. The smallest absolute Gasteiger partial charge is 0.213 e. The zero-order chi connectivity index (χ0) is 15.8. The predicted molar refractivity (Wildman–Crippen MR) is 96.0 cm³/mol. The van der Waals surface area contributed by atoms with E-state index in [1.807, 2.05) is 34.8 Å². The van der Waals surface area contributed by atoms with Crippen LogP contribution in [0.4, 0.5) is 0 Å². The number of methoxy groups -OCH3 is 1. The first kappa shape index (κ1) is 14.4. The Balaban J connectivity index is 1.97. The molecule has 0 unspecified atom stereocenters. The van der Waals surface area contributed by atoms with Crippen molar-refractivity contribution >= 4 is 32.2 Å². The molecule has 0 saturated carbocycles. The van der Waals surface area contributed by atoms with Gasteiger partial charge in [-0.05, 0) is 29.8 Å². The summed E-state index contributed by atoms with van der Waals surface area (Å²) < 4.78 is 8.30. The van der Waals surface area contributed by atoms with Crippen LogP contribution in [0.3, 0.4) is 0 Å². The molecule has 0 radical (unpaired) electrons. The van der Waals surface area contributed by atoms with Gasteiger partial charge in [0.15, 0.2) is 0 Å². The van der Waals surface area contributed by atoms with E-state index in [0.717, 1.165) is 36.9 Å². The number of hydrogen-bond donors (Lipinski definition) is 0. The Morgan fingerprint density at radius 1 is 1.09 bits per heavy atom. The number of rotatable bonds is 3. The lowest BCUT2D eigenvalue weighted by Crippen LogP contribution is -1.90. The summed E-state index contributed by atoms with van der Waals surface area (Å²) in [6.45, 7) is 0. The lowest BCUT2D eigenvalue weighted by Gasteiger charge is -2.06. The van der Waals surface area contributed by atoms with Crippen LogP contribution in [0, 0.1) is 0 Å². The SMILES string of the molecule is COc1cccc(-c2sc3ncnn3c2-c2ccc(Br)cc2)c1. The van der Waals surface area contributed by atoms with Crippen molar-refractivity contribution < 1.29 is 4.74 Å². The largest absolute Gasteiger partial charge is 0.497 e. The van der Waals surface area contributed by atoms with E-state index in [1.165, 1.54) is 0 Å². The van der Waals surface area contributed by atoms with Crippen LogP contribution >= 0.6 is 27.3 Å². The molecule has 4 aromatic rings. The van der Waals surface area contributed by atoms with Crippen molar-refractivity contribution in [3.8, 4) is 27.4 Å². The molecular formula is C17H12BrN3OS. The number of nitrogens with zero attached hydrogens (tertiary/aromatic N) is 3. The van der Waals surface area contributed by atoms with Crippen molar-refractivity contribution in [3.63, 3.8) is 0 Å². The summed E-state index contributed by atoms with van der Waals surface area (Å²) in [6.07, 6.45) is 1.59. The molecule has 2 aromatic heterocycles. The Labute approximate surface area is 145 Å². The third-order valence-corrected chi connectivity index (χ3v) is 5.21. The van der Waals surface area contributed by atoms with E-state index in [-0.39, 0.29) is 0 Å². The molecule has 0 aliphatic rings. The molecule has 0 saturated heterocycles. The van der Waals surface area contributed by atoms with E-state index in [2.05, 4.69) is 44.2 Å². The normalized spacial score (nSPS) is 11.0. The van der Waals surface area contributed by atoms with Gasteiger partial charge in [-0.15, -0.1) is 0 Å². The van der Waals surface area contributed by atoms with Gasteiger partial charge in [-0.2, -0.15) is 5.10 Å². The lowest BCUT2D eigenvalue weighted by molar-refractivity contribution is 0.415. The molecule has 0 N–H and O–H groups in total. The average Bonchev–Trinajstić information content (AvgIpc) is 3.17. The van der Waals surface area contributed by atoms with Gasteiger partial charge in [-0.3, -0.25) is 0 Å². The topological polar surface area (TPSA) is 39.4 Å². The molecule has 4 rings (SSSR count). The second kappa shape index (κ2) is 5.79. The quantitative estimate of drug-likeness (QED) is 0.503. The van der Waals surface area contributed by atoms with Crippen molar-refractivity contribution in [2.45, 2.75) is 0 Å². The highest BCUT2D eigenvalue weighted by atomic mass is 79.9. The molecule has 0 fully saturated rings. The van der Waals surface area contributed by atoms with Crippen LogP contribution in [0.5, 0.6) is 5.75 Å². The van der Waals surface area contributed by atoms with Gasteiger partial charge < -0.3 is 4.74 Å². The zero-order valence-corrected chi connectivity index (χ0v) is 14.6. The Hall–Kier alpha value is -2.18. The summed E-state index contributed by atoms with van der Waals surface area (Å²) in [6, 6.07) is 16.3. The monoisotopic (exact) mass is 385 g/mol. The number of fused-ring (bicyclic) bond motifs is 1. The third kappa shape index (κ3) is 2.54. The minimum Gasteiger partial charge on any atom is -0.497 e. The summed E-state index contributed by atoms with van der Waals surface area (Å²) in [7, 11) is 1.68. The highest BCUT2D eigenvalue weighted by molar-refractivity contribution is 9.10. The molecular weight excluding hydrogens is 374 g/mol. The number of thiazole rings is 1. The molecule has 114 valence electrons. The van der Waals surface area contributed by atoms with Crippen LogP contribution in [0.1, 0.15) is 0 Å². The molecule has 4 nitrogen and oxygen atoms in total. The molecule has 6 heteroatoms. The van der Waals surface area contributed by atoms with E-state index >= 15 is 0 Å². The maximum Gasteiger partial charge on any atom is 0.213 e. The summed E-state index contributed by atoms with van der Waals surface area (Å²) in [4.78, 5) is 6.34. The highest BCUT2D eigenvalue weighted by Gasteiger charge is 2.17. The summed E-state index contributed by atoms with van der Waals surface area (Å²) in [5, 5.41) is 4.38. The fourth-order valence-corrected chi connectivity index (χ4v) is 3.83. The minimum atomic E-state index is 0.836. The Bertz CT molecular complexity index is 975. The second-order valence-electron chi connectivity index (χ2n) is 4.97. The first-order valence-corrected chi connectivity index (χ1v) is 8.60. The van der Waals surface area contributed by atoms with Crippen molar-refractivity contribution in [3.05, 3.63) is 59.3 Å². The van der Waals surface area contributed by atoms with Gasteiger partial charge in [0.2, 0.25) is 4.96 Å². The Morgan fingerprint density at radius 2 is 1.91 bits per heavy atom. The van der Waals surface area contributed by atoms with E-state index < -0.39 is 0 Å². The molecule has 0 atom stereocenters. The Morgan fingerprint density at radius 3 is 2.70 bits per heavy atom. The molecule has 0 amide bonds. The van der Waals surface area contributed by atoms with Gasteiger partial charge in [0.05, 0.1) is 17.7 Å². The van der Waals surface area contributed by atoms with Crippen LogP contribution < -0.4 is 4.74 Å². The number of benzene rings is 2. The number of ether oxygens (including phenoxy) is 1.